The van der Waals surface area contributed by atoms with Gasteiger partial charge in [0.2, 0.25) is 0 Å². The molecule has 0 aromatic heterocycles. The van der Waals surface area contributed by atoms with Gasteiger partial charge in [0, 0.05) is 18.3 Å². The third-order valence-corrected chi connectivity index (χ3v) is 5.13. The van der Waals surface area contributed by atoms with Crippen molar-refractivity contribution in [3.8, 4) is 0 Å². The number of halogens is 1. The van der Waals surface area contributed by atoms with E-state index in [2.05, 4.69) is 11.0 Å². The van der Waals surface area contributed by atoms with E-state index in [4.69, 9.17) is 22.7 Å². The quantitative estimate of drug-likeness (QED) is 0.643. The van der Waals surface area contributed by atoms with Crippen LogP contribution in [0.5, 0.6) is 0 Å². The van der Waals surface area contributed by atoms with Crippen LogP contribution in [0, 0.1) is 11.3 Å². The fourth-order valence-electron chi connectivity index (χ4n) is 3.94. The van der Waals surface area contributed by atoms with E-state index in [1.807, 2.05) is 12.1 Å². The first-order valence-electron chi connectivity index (χ1n) is 7.58. The Bertz CT molecular complexity index is 512. The highest BCUT2D eigenvalue weighted by Gasteiger charge is 2.34. The van der Waals surface area contributed by atoms with Crippen molar-refractivity contribution >= 4 is 23.1 Å². The van der Waals surface area contributed by atoms with Gasteiger partial charge < -0.3 is 10.6 Å². The Morgan fingerprint density at radius 1 is 1.20 bits per heavy atom. The molecule has 1 heterocycles. The lowest BCUT2D eigenvalue weighted by atomic mass is 9.78. The van der Waals surface area contributed by atoms with E-state index in [-0.39, 0.29) is 5.84 Å². The van der Waals surface area contributed by atoms with E-state index in [1.54, 1.807) is 0 Å². The highest BCUT2D eigenvalue weighted by molar-refractivity contribution is 6.34. The number of hydrogen-bond donors (Lipinski definition) is 2. The van der Waals surface area contributed by atoms with Crippen LogP contribution < -0.4 is 10.6 Å². The molecule has 108 valence electrons. The molecule has 1 aromatic carbocycles. The Morgan fingerprint density at radius 2 is 1.95 bits per heavy atom. The average Bonchev–Trinajstić information content (AvgIpc) is 2.46. The number of nitrogens with two attached hydrogens (primary N) is 1. The summed E-state index contributed by atoms with van der Waals surface area (Å²) in [5, 5.41) is 8.43. The summed E-state index contributed by atoms with van der Waals surface area (Å²) in [4.78, 5) is 2.47. The summed E-state index contributed by atoms with van der Waals surface area (Å²) >= 11 is 6.27. The van der Waals surface area contributed by atoms with Crippen LogP contribution in [0.1, 0.15) is 44.1 Å². The summed E-state index contributed by atoms with van der Waals surface area (Å²) in [6, 6.07) is 6.47. The maximum absolute atomic E-state index is 7.83. The molecular formula is C16H22ClN3. The highest BCUT2D eigenvalue weighted by Crippen LogP contribution is 2.39. The summed E-state index contributed by atoms with van der Waals surface area (Å²) in [5.74, 6) is 0.875. The van der Waals surface area contributed by atoms with Crippen molar-refractivity contribution in [2.24, 2.45) is 11.7 Å². The molecule has 3 rings (SSSR count). The van der Waals surface area contributed by atoms with Gasteiger partial charge in [0.05, 0.1) is 10.6 Å². The van der Waals surface area contributed by atoms with Crippen molar-refractivity contribution in [3.63, 3.8) is 0 Å². The Hall–Kier alpha value is -1.22. The summed E-state index contributed by atoms with van der Waals surface area (Å²) in [6.45, 7) is 1.06. The molecule has 2 aliphatic rings. The van der Waals surface area contributed by atoms with Crippen LogP contribution in [0.4, 0.5) is 5.69 Å². The predicted molar refractivity (Wildman–Crippen MR) is 84.8 cm³/mol. The van der Waals surface area contributed by atoms with E-state index in [0.717, 1.165) is 18.2 Å². The molecule has 3 N–H and O–H groups in total. The second-order valence-electron chi connectivity index (χ2n) is 6.00. The third-order valence-electron chi connectivity index (χ3n) is 4.81. The van der Waals surface area contributed by atoms with Gasteiger partial charge in [-0.1, -0.05) is 30.5 Å². The number of nitrogen functional groups attached to an aromatic ring is 1. The number of benzene rings is 1. The minimum absolute atomic E-state index is 0.0727. The summed E-state index contributed by atoms with van der Waals surface area (Å²) in [7, 11) is 0. The molecule has 0 radical (unpaired) electrons. The summed E-state index contributed by atoms with van der Waals surface area (Å²) in [5.41, 5.74) is 7.53. The first-order chi connectivity index (χ1) is 9.68. The van der Waals surface area contributed by atoms with E-state index < -0.39 is 0 Å². The van der Waals surface area contributed by atoms with Gasteiger partial charge in [-0.15, -0.1) is 0 Å². The smallest absolute Gasteiger partial charge is 0.126 e. The number of rotatable bonds is 2. The fourth-order valence-corrected chi connectivity index (χ4v) is 4.21. The maximum Gasteiger partial charge on any atom is 0.126 e. The summed E-state index contributed by atoms with van der Waals surface area (Å²) in [6.07, 6.45) is 7.85. The first-order valence-corrected chi connectivity index (χ1v) is 7.96. The van der Waals surface area contributed by atoms with Crippen LogP contribution >= 0.6 is 11.6 Å². The monoisotopic (exact) mass is 291 g/mol. The lowest BCUT2D eigenvalue weighted by Crippen LogP contribution is -2.47. The first kappa shape index (κ1) is 13.7. The number of piperidine rings is 1. The molecule has 0 unspecified atom stereocenters. The number of nitrogens with zero attached hydrogens (tertiary/aromatic N) is 1. The van der Waals surface area contributed by atoms with Gasteiger partial charge in [0.1, 0.15) is 5.84 Å². The maximum atomic E-state index is 7.83. The SMILES string of the molecule is N=C(N)c1c(Cl)cccc1N1CCC[C@H]2CCCC[C@H]21. The van der Waals surface area contributed by atoms with Crippen molar-refractivity contribution < 1.29 is 0 Å². The molecule has 2 atom stereocenters. The number of amidine groups is 1. The van der Waals surface area contributed by atoms with Crippen molar-refractivity contribution in [1.82, 2.24) is 0 Å². The zero-order valence-electron chi connectivity index (χ0n) is 11.7. The molecule has 4 heteroatoms. The van der Waals surface area contributed by atoms with Crippen molar-refractivity contribution in [1.29, 1.82) is 5.41 Å². The van der Waals surface area contributed by atoms with E-state index in [1.165, 1.54) is 38.5 Å². The molecule has 0 amide bonds. The Morgan fingerprint density at radius 3 is 2.75 bits per heavy atom. The van der Waals surface area contributed by atoms with Gasteiger partial charge in [0.15, 0.2) is 0 Å². The van der Waals surface area contributed by atoms with Gasteiger partial charge in [-0.3, -0.25) is 5.41 Å². The second kappa shape index (κ2) is 5.65. The number of anilines is 1. The lowest BCUT2D eigenvalue weighted by molar-refractivity contribution is 0.244. The van der Waals surface area contributed by atoms with E-state index >= 15 is 0 Å². The normalized spacial score (nSPS) is 26.1. The molecule has 1 aromatic rings. The summed E-state index contributed by atoms with van der Waals surface area (Å²) < 4.78 is 0. The topological polar surface area (TPSA) is 53.1 Å². The van der Waals surface area contributed by atoms with Crippen LogP contribution in [0.3, 0.4) is 0 Å². The zero-order valence-corrected chi connectivity index (χ0v) is 12.5. The van der Waals surface area contributed by atoms with Crippen LogP contribution in [0.25, 0.3) is 0 Å². The van der Waals surface area contributed by atoms with Gasteiger partial charge in [-0.05, 0) is 43.7 Å². The molecule has 1 saturated heterocycles. The molecular weight excluding hydrogens is 270 g/mol. The highest BCUT2D eigenvalue weighted by atomic mass is 35.5. The molecule has 1 saturated carbocycles. The molecule has 0 bridgehead atoms. The number of nitrogens with one attached hydrogen (secondary N) is 1. The van der Waals surface area contributed by atoms with Crippen molar-refractivity contribution in [2.75, 3.05) is 11.4 Å². The van der Waals surface area contributed by atoms with Crippen LogP contribution in [-0.4, -0.2) is 18.4 Å². The molecule has 0 spiro atoms. The van der Waals surface area contributed by atoms with Crippen molar-refractivity contribution in [2.45, 2.75) is 44.6 Å². The van der Waals surface area contributed by atoms with Crippen molar-refractivity contribution in [3.05, 3.63) is 28.8 Å². The van der Waals surface area contributed by atoms with Gasteiger partial charge in [-0.2, -0.15) is 0 Å². The molecule has 1 aliphatic heterocycles. The second-order valence-corrected chi connectivity index (χ2v) is 6.40. The fraction of sp³-hybridized carbons (Fsp3) is 0.562. The van der Waals surface area contributed by atoms with Crippen LogP contribution in [0.2, 0.25) is 5.02 Å². The molecule has 3 nitrogen and oxygen atoms in total. The average molecular weight is 292 g/mol. The molecule has 20 heavy (non-hydrogen) atoms. The molecule has 2 fully saturated rings. The zero-order chi connectivity index (χ0) is 14.1. The van der Waals surface area contributed by atoms with Crippen LogP contribution in [0.15, 0.2) is 18.2 Å². The van der Waals surface area contributed by atoms with E-state index in [9.17, 15) is 0 Å². The number of hydrogen-bond acceptors (Lipinski definition) is 2. The molecule has 1 aliphatic carbocycles. The Kier molecular flexibility index (Phi) is 3.88. The van der Waals surface area contributed by atoms with Crippen LogP contribution in [-0.2, 0) is 0 Å². The largest absolute Gasteiger partial charge is 0.384 e. The minimum atomic E-state index is 0.0727. The van der Waals surface area contributed by atoms with Gasteiger partial charge in [-0.25, -0.2) is 0 Å². The standard InChI is InChI=1S/C16H22ClN3/c17-12-7-3-9-14(15(12)16(18)19)20-10-4-6-11-5-1-2-8-13(11)20/h3,7,9,11,13H,1-2,4-6,8,10H2,(H3,18,19)/t11-,13-/m1/s1. The lowest BCUT2D eigenvalue weighted by Gasteiger charge is -2.46. The predicted octanol–water partition coefficient (Wildman–Crippen LogP) is 3.78. The van der Waals surface area contributed by atoms with Gasteiger partial charge in [0.25, 0.3) is 0 Å². The Labute approximate surface area is 125 Å². The minimum Gasteiger partial charge on any atom is -0.384 e. The van der Waals surface area contributed by atoms with Gasteiger partial charge >= 0.3 is 0 Å². The van der Waals surface area contributed by atoms with E-state index in [0.29, 0.717) is 16.6 Å². The Balaban J connectivity index is 1.99. The number of fused-ring (bicyclic) bond motifs is 1. The third kappa shape index (κ3) is 2.39.